The van der Waals surface area contributed by atoms with Gasteiger partial charge in [-0.05, 0) is 12.0 Å². The maximum Gasteiger partial charge on any atom is 0.321 e. The van der Waals surface area contributed by atoms with Crippen LogP contribution in [0.2, 0.25) is 0 Å². The number of hydrogen-bond acceptors (Lipinski definition) is 4. The molecule has 0 aliphatic heterocycles. The van der Waals surface area contributed by atoms with Gasteiger partial charge in [-0.1, -0.05) is 43.0 Å². The summed E-state index contributed by atoms with van der Waals surface area (Å²) in [5.41, 5.74) is 6.39. The Morgan fingerprint density at radius 1 is 1.37 bits per heavy atom. The Kier molecular flexibility index (Phi) is 5.75. The molecule has 0 amide bonds. The van der Waals surface area contributed by atoms with Gasteiger partial charge in [-0.15, -0.1) is 0 Å². The number of benzene rings is 1. The lowest BCUT2D eigenvalue weighted by atomic mass is 9.92. The fraction of sp³-hybridized carbons (Fsp3) is 0.286. The van der Waals surface area contributed by atoms with Gasteiger partial charge in [-0.2, -0.15) is 0 Å². The van der Waals surface area contributed by atoms with E-state index in [9.17, 15) is 9.59 Å². The Morgan fingerprint density at radius 2 is 2.00 bits per heavy atom. The van der Waals surface area contributed by atoms with E-state index in [0.29, 0.717) is 0 Å². The summed E-state index contributed by atoms with van der Waals surface area (Å²) in [4.78, 5) is 22.8. The summed E-state index contributed by atoms with van der Waals surface area (Å²) < 4.78 is 4.90. The molecule has 0 aromatic heterocycles. The molecule has 1 unspecified atom stereocenters. The first-order valence-corrected chi connectivity index (χ1v) is 5.86. The number of carbonyl (C=O) groups excluding carboxylic acids is 1. The molecular weight excluding hydrogens is 246 g/mol. The van der Waals surface area contributed by atoms with E-state index in [0.717, 1.165) is 5.56 Å². The molecule has 0 radical (unpaired) electrons. The minimum absolute atomic E-state index is 0.0382. The number of esters is 1. The van der Waals surface area contributed by atoms with Crippen LogP contribution >= 0.6 is 0 Å². The standard InChI is InChI=1S/C14H17NO4/c1-2-8-19-14(18)11(12(15)13(16)17)9-10-6-4-3-5-7-10/h2-7,11-12H,1,8-9,15H2,(H,16,17)/t11?,12-/m0/s1. The molecule has 19 heavy (non-hydrogen) atoms. The summed E-state index contributed by atoms with van der Waals surface area (Å²) in [6.07, 6.45) is 1.65. The van der Waals surface area contributed by atoms with Crippen molar-refractivity contribution in [1.82, 2.24) is 0 Å². The highest BCUT2D eigenvalue weighted by Crippen LogP contribution is 2.14. The van der Waals surface area contributed by atoms with Gasteiger partial charge >= 0.3 is 11.9 Å². The highest BCUT2D eigenvalue weighted by Gasteiger charge is 2.32. The van der Waals surface area contributed by atoms with Gasteiger partial charge in [0, 0.05) is 0 Å². The van der Waals surface area contributed by atoms with Crippen LogP contribution in [-0.2, 0) is 20.7 Å². The van der Waals surface area contributed by atoms with Crippen LogP contribution < -0.4 is 5.73 Å². The zero-order valence-corrected chi connectivity index (χ0v) is 10.5. The molecule has 1 aromatic rings. The van der Waals surface area contributed by atoms with Crippen molar-refractivity contribution in [1.29, 1.82) is 0 Å². The van der Waals surface area contributed by atoms with E-state index in [-0.39, 0.29) is 13.0 Å². The van der Waals surface area contributed by atoms with Crippen LogP contribution in [0.4, 0.5) is 0 Å². The maximum absolute atomic E-state index is 11.8. The summed E-state index contributed by atoms with van der Waals surface area (Å²) in [5, 5.41) is 8.95. The molecule has 102 valence electrons. The number of nitrogens with two attached hydrogens (primary N) is 1. The fourth-order valence-corrected chi connectivity index (χ4v) is 1.65. The topological polar surface area (TPSA) is 89.6 Å². The first-order chi connectivity index (χ1) is 9.06. The molecule has 0 aliphatic carbocycles. The molecule has 1 rings (SSSR count). The number of carboxylic acids is 1. The second-order valence-electron chi connectivity index (χ2n) is 4.08. The number of carboxylic acid groups (broad SMARTS) is 1. The van der Waals surface area contributed by atoms with Crippen molar-refractivity contribution in [2.45, 2.75) is 12.5 Å². The van der Waals surface area contributed by atoms with Crippen molar-refractivity contribution in [3.63, 3.8) is 0 Å². The Hall–Kier alpha value is -2.14. The monoisotopic (exact) mass is 263 g/mol. The van der Waals surface area contributed by atoms with E-state index >= 15 is 0 Å². The van der Waals surface area contributed by atoms with E-state index in [1.54, 1.807) is 0 Å². The summed E-state index contributed by atoms with van der Waals surface area (Å²) in [6.45, 7) is 3.47. The van der Waals surface area contributed by atoms with Crippen molar-refractivity contribution in [3.8, 4) is 0 Å². The van der Waals surface area contributed by atoms with E-state index < -0.39 is 23.9 Å². The van der Waals surface area contributed by atoms with Gasteiger partial charge in [0.1, 0.15) is 12.6 Å². The van der Waals surface area contributed by atoms with Crippen LogP contribution in [-0.4, -0.2) is 29.7 Å². The zero-order chi connectivity index (χ0) is 14.3. The minimum atomic E-state index is -1.29. The minimum Gasteiger partial charge on any atom is -0.480 e. The largest absolute Gasteiger partial charge is 0.480 e. The van der Waals surface area contributed by atoms with Crippen molar-refractivity contribution in [2.75, 3.05) is 6.61 Å². The van der Waals surface area contributed by atoms with Crippen molar-refractivity contribution in [2.24, 2.45) is 11.7 Å². The molecule has 5 heteroatoms. The third-order valence-electron chi connectivity index (χ3n) is 2.66. The quantitative estimate of drug-likeness (QED) is 0.565. The van der Waals surface area contributed by atoms with Gasteiger partial charge in [0.25, 0.3) is 0 Å². The number of hydrogen-bond donors (Lipinski definition) is 2. The average Bonchev–Trinajstić information content (AvgIpc) is 2.42. The lowest BCUT2D eigenvalue weighted by molar-refractivity contribution is -0.153. The maximum atomic E-state index is 11.8. The van der Waals surface area contributed by atoms with Gasteiger partial charge in [0.2, 0.25) is 0 Å². The summed E-state index contributed by atoms with van der Waals surface area (Å²) in [6, 6.07) is 7.79. The Labute approximate surface area is 111 Å². The van der Waals surface area contributed by atoms with Gasteiger partial charge in [-0.25, -0.2) is 0 Å². The lowest BCUT2D eigenvalue weighted by Crippen LogP contribution is -2.43. The van der Waals surface area contributed by atoms with Crippen LogP contribution in [0, 0.1) is 5.92 Å². The zero-order valence-electron chi connectivity index (χ0n) is 10.5. The van der Waals surface area contributed by atoms with Crippen molar-refractivity contribution >= 4 is 11.9 Å². The highest BCUT2D eigenvalue weighted by molar-refractivity contribution is 5.83. The molecule has 0 fully saturated rings. The molecular formula is C14H17NO4. The highest BCUT2D eigenvalue weighted by atomic mass is 16.5. The first-order valence-electron chi connectivity index (χ1n) is 5.86. The van der Waals surface area contributed by atoms with E-state index in [4.69, 9.17) is 15.6 Å². The molecule has 5 nitrogen and oxygen atoms in total. The molecule has 3 N–H and O–H groups in total. The molecule has 0 spiro atoms. The molecule has 1 aromatic carbocycles. The Morgan fingerprint density at radius 3 is 2.53 bits per heavy atom. The van der Waals surface area contributed by atoms with Gasteiger partial charge in [-0.3, -0.25) is 9.59 Å². The smallest absolute Gasteiger partial charge is 0.321 e. The van der Waals surface area contributed by atoms with Crippen LogP contribution in [0.5, 0.6) is 0 Å². The lowest BCUT2D eigenvalue weighted by Gasteiger charge is -2.19. The van der Waals surface area contributed by atoms with E-state index in [1.165, 1.54) is 6.08 Å². The first kappa shape index (κ1) is 14.9. The summed E-state index contributed by atoms with van der Waals surface area (Å²) in [7, 11) is 0. The van der Waals surface area contributed by atoms with Crippen LogP contribution in [0.1, 0.15) is 5.56 Å². The van der Waals surface area contributed by atoms with Crippen LogP contribution in [0.3, 0.4) is 0 Å². The third-order valence-corrected chi connectivity index (χ3v) is 2.66. The van der Waals surface area contributed by atoms with Crippen molar-refractivity contribution in [3.05, 3.63) is 48.6 Å². The number of ether oxygens (including phenoxy) is 1. The molecule has 0 aliphatic rings. The van der Waals surface area contributed by atoms with Gasteiger partial charge < -0.3 is 15.6 Å². The Bertz CT molecular complexity index is 444. The molecule has 0 saturated carbocycles. The molecule has 2 atom stereocenters. The summed E-state index contributed by atoms with van der Waals surface area (Å²) >= 11 is 0. The second kappa shape index (κ2) is 7.33. The fourth-order valence-electron chi connectivity index (χ4n) is 1.65. The normalized spacial score (nSPS) is 13.3. The SMILES string of the molecule is C=CCOC(=O)C(Cc1ccccc1)[C@H](N)C(=O)O. The van der Waals surface area contributed by atoms with Gasteiger partial charge in [0.05, 0.1) is 5.92 Å². The second-order valence-corrected chi connectivity index (χ2v) is 4.08. The molecule has 0 heterocycles. The van der Waals surface area contributed by atoms with E-state index in [1.807, 2.05) is 30.3 Å². The molecule has 0 bridgehead atoms. The summed E-state index contributed by atoms with van der Waals surface area (Å²) in [5.74, 6) is -2.77. The predicted octanol–water partition coefficient (Wildman–Crippen LogP) is 0.986. The number of rotatable bonds is 7. The number of aliphatic carboxylic acids is 1. The van der Waals surface area contributed by atoms with Gasteiger partial charge in [0.15, 0.2) is 0 Å². The predicted molar refractivity (Wildman–Crippen MR) is 70.4 cm³/mol. The third kappa shape index (κ3) is 4.56. The Balaban J connectivity index is 2.83. The average molecular weight is 263 g/mol. The van der Waals surface area contributed by atoms with Crippen molar-refractivity contribution < 1.29 is 19.4 Å². The van der Waals surface area contributed by atoms with Crippen LogP contribution in [0.25, 0.3) is 0 Å². The molecule has 0 saturated heterocycles. The van der Waals surface area contributed by atoms with Crippen LogP contribution in [0.15, 0.2) is 43.0 Å². The van der Waals surface area contributed by atoms with E-state index in [2.05, 4.69) is 6.58 Å². The number of carbonyl (C=O) groups is 2.